The summed E-state index contributed by atoms with van der Waals surface area (Å²) in [5, 5.41) is 3.03. The molecule has 1 fully saturated rings. The van der Waals surface area contributed by atoms with Gasteiger partial charge in [-0.05, 0) is 31.4 Å². The molecule has 2 amide bonds. The van der Waals surface area contributed by atoms with E-state index >= 15 is 0 Å². The molecule has 0 aliphatic carbocycles. The van der Waals surface area contributed by atoms with Crippen molar-refractivity contribution in [1.82, 2.24) is 19.8 Å². The average molecular weight is 341 g/mol. The first-order valence-electron chi connectivity index (χ1n) is 9.00. The van der Waals surface area contributed by atoms with Crippen LogP contribution in [0.2, 0.25) is 0 Å². The molecule has 1 atom stereocenters. The van der Waals surface area contributed by atoms with Crippen LogP contribution in [0.1, 0.15) is 19.3 Å². The Balaban J connectivity index is 1.44. The first kappa shape index (κ1) is 17.3. The highest BCUT2D eigenvalue weighted by molar-refractivity contribution is 5.74. The minimum atomic E-state index is 0.0190. The van der Waals surface area contributed by atoms with Crippen LogP contribution >= 0.6 is 0 Å². The zero-order valence-electron chi connectivity index (χ0n) is 14.8. The highest BCUT2D eigenvalue weighted by Crippen LogP contribution is 2.21. The lowest BCUT2D eigenvalue weighted by atomic mass is 10.0. The molecule has 1 aliphatic heterocycles. The molecule has 3 rings (SSSR count). The molecule has 25 heavy (non-hydrogen) atoms. The first-order chi connectivity index (χ1) is 12.2. The number of anilines is 1. The van der Waals surface area contributed by atoms with Gasteiger partial charge >= 0.3 is 6.03 Å². The van der Waals surface area contributed by atoms with Gasteiger partial charge in [0.25, 0.3) is 0 Å². The van der Waals surface area contributed by atoms with Gasteiger partial charge in [0.15, 0.2) is 0 Å². The Bertz CT molecular complexity index is 643. The fraction of sp³-hybridized carbons (Fsp3) is 0.474. The maximum atomic E-state index is 12.4. The average Bonchev–Trinajstić information content (AvgIpc) is 3.19. The predicted octanol–water partition coefficient (Wildman–Crippen LogP) is 2.58. The van der Waals surface area contributed by atoms with Gasteiger partial charge in [-0.1, -0.05) is 18.2 Å². The quantitative estimate of drug-likeness (QED) is 0.822. The number of carbonyl (C=O) groups is 1. The van der Waals surface area contributed by atoms with Crippen molar-refractivity contribution in [3.8, 4) is 0 Å². The van der Waals surface area contributed by atoms with Gasteiger partial charge in [0.1, 0.15) is 0 Å². The number of aryl methyl sites for hydroxylation is 1. The number of amides is 2. The molecule has 2 aromatic rings. The number of rotatable bonds is 6. The highest BCUT2D eigenvalue weighted by Gasteiger charge is 2.26. The van der Waals surface area contributed by atoms with Gasteiger partial charge in [0.2, 0.25) is 0 Å². The van der Waals surface area contributed by atoms with Crippen molar-refractivity contribution >= 4 is 11.7 Å². The van der Waals surface area contributed by atoms with E-state index in [4.69, 9.17) is 0 Å². The Morgan fingerprint density at radius 3 is 2.96 bits per heavy atom. The molecule has 2 heterocycles. The summed E-state index contributed by atoms with van der Waals surface area (Å²) in [5.74, 6) is 0. The van der Waals surface area contributed by atoms with Crippen LogP contribution in [0, 0.1) is 0 Å². The van der Waals surface area contributed by atoms with E-state index in [0.717, 1.165) is 38.9 Å². The van der Waals surface area contributed by atoms with E-state index < -0.39 is 0 Å². The van der Waals surface area contributed by atoms with E-state index in [0.29, 0.717) is 6.54 Å². The van der Waals surface area contributed by atoms with E-state index in [1.165, 1.54) is 5.69 Å². The van der Waals surface area contributed by atoms with Crippen LogP contribution in [0.25, 0.3) is 0 Å². The van der Waals surface area contributed by atoms with Crippen molar-refractivity contribution < 1.29 is 4.79 Å². The fourth-order valence-electron chi connectivity index (χ4n) is 3.31. The van der Waals surface area contributed by atoms with Crippen LogP contribution in [-0.4, -0.2) is 53.2 Å². The number of imidazole rings is 1. The van der Waals surface area contributed by atoms with Gasteiger partial charge in [0.05, 0.1) is 12.4 Å². The zero-order chi connectivity index (χ0) is 17.5. The molecule has 0 unspecified atom stereocenters. The third kappa shape index (κ3) is 4.75. The summed E-state index contributed by atoms with van der Waals surface area (Å²) in [4.78, 5) is 20.7. The molecule has 0 saturated carbocycles. The molecular weight excluding hydrogens is 314 g/mol. The van der Waals surface area contributed by atoms with Crippen molar-refractivity contribution in [1.29, 1.82) is 0 Å². The van der Waals surface area contributed by atoms with Gasteiger partial charge in [-0.15, -0.1) is 0 Å². The lowest BCUT2D eigenvalue weighted by Crippen LogP contribution is -2.51. The van der Waals surface area contributed by atoms with Crippen molar-refractivity contribution in [3.63, 3.8) is 0 Å². The number of hydrogen-bond acceptors (Lipinski definition) is 3. The molecule has 1 aromatic carbocycles. The van der Waals surface area contributed by atoms with Crippen LogP contribution in [0.3, 0.4) is 0 Å². The maximum absolute atomic E-state index is 12.4. The Morgan fingerprint density at radius 1 is 1.36 bits per heavy atom. The summed E-state index contributed by atoms with van der Waals surface area (Å²) in [6.07, 6.45) is 8.58. The monoisotopic (exact) mass is 341 g/mol. The van der Waals surface area contributed by atoms with E-state index in [1.807, 2.05) is 28.8 Å². The van der Waals surface area contributed by atoms with Crippen molar-refractivity contribution in [2.45, 2.75) is 31.8 Å². The van der Waals surface area contributed by atoms with Crippen molar-refractivity contribution in [3.05, 3.63) is 49.1 Å². The molecule has 6 nitrogen and oxygen atoms in total. The number of nitrogens with zero attached hydrogens (tertiary/aromatic N) is 4. The molecule has 0 radical (unpaired) electrons. The van der Waals surface area contributed by atoms with Gasteiger partial charge in [-0.2, -0.15) is 0 Å². The largest absolute Gasteiger partial charge is 0.369 e. The lowest BCUT2D eigenvalue weighted by molar-refractivity contribution is 0.182. The van der Waals surface area contributed by atoms with Gasteiger partial charge < -0.3 is 19.7 Å². The number of para-hydroxylation sites is 1. The van der Waals surface area contributed by atoms with Crippen molar-refractivity contribution in [2.24, 2.45) is 0 Å². The Labute approximate surface area is 149 Å². The molecule has 1 aliphatic rings. The fourth-order valence-corrected chi connectivity index (χ4v) is 3.31. The summed E-state index contributed by atoms with van der Waals surface area (Å²) in [6, 6.07) is 10.7. The van der Waals surface area contributed by atoms with E-state index in [2.05, 4.69) is 39.5 Å². The first-order valence-corrected chi connectivity index (χ1v) is 9.00. The summed E-state index contributed by atoms with van der Waals surface area (Å²) in [5.41, 5.74) is 1.24. The Hall–Kier alpha value is -2.50. The second-order valence-electron chi connectivity index (χ2n) is 6.57. The Morgan fingerprint density at radius 2 is 2.20 bits per heavy atom. The number of piperidine rings is 1. The molecule has 0 spiro atoms. The van der Waals surface area contributed by atoms with E-state index in [-0.39, 0.29) is 12.1 Å². The second-order valence-corrected chi connectivity index (χ2v) is 6.57. The summed E-state index contributed by atoms with van der Waals surface area (Å²) in [6.45, 7) is 3.50. The highest BCUT2D eigenvalue weighted by atomic mass is 16.2. The number of likely N-dealkylation sites (N-methyl/N-ethyl adjacent to an activating group) is 1. The number of hydrogen-bond donors (Lipinski definition) is 1. The van der Waals surface area contributed by atoms with Gasteiger partial charge in [0, 0.05) is 51.3 Å². The zero-order valence-corrected chi connectivity index (χ0v) is 14.8. The van der Waals surface area contributed by atoms with Crippen LogP contribution in [0.5, 0.6) is 0 Å². The molecule has 1 saturated heterocycles. The second kappa shape index (κ2) is 8.55. The number of urea groups is 1. The predicted molar refractivity (Wildman–Crippen MR) is 99.7 cm³/mol. The minimum absolute atomic E-state index is 0.0190. The molecule has 6 heteroatoms. The number of benzene rings is 1. The number of aromatic nitrogens is 2. The van der Waals surface area contributed by atoms with Crippen molar-refractivity contribution in [2.75, 3.05) is 31.6 Å². The third-order valence-electron chi connectivity index (χ3n) is 4.81. The summed E-state index contributed by atoms with van der Waals surface area (Å²) < 4.78 is 2.02. The van der Waals surface area contributed by atoms with Gasteiger partial charge in [-0.25, -0.2) is 9.78 Å². The van der Waals surface area contributed by atoms with E-state index in [1.54, 1.807) is 12.5 Å². The Kier molecular flexibility index (Phi) is 5.93. The summed E-state index contributed by atoms with van der Waals surface area (Å²) in [7, 11) is 1.91. The van der Waals surface area contributed by atoms with Crippen LogP contribution < -0.4 is 10.2 Å². The third-order valence-corrected chi connectivity index (χ3v) is 4.81. The topological polar surface area (TPSA) is 53.4 Å². The summed E-state index contributed by atoms with van der Waals surface area (Å²) >= 11 is 0. The van der Waals surface area contributed by atoms with E-state index in [9.17, 15) is 4.79 Å². The minimum Gasteiger partial charge on any atom is -0.369 e. The smallest absolute Gasteiger partial charge is 0.317 e. The van der Waals surface area contributed by atoms with Crippen LogP contribution in [0.4, 0.5) is 10.5 Å². The molecule has 134 valence electrons. The van der Waals surface area contributed by atoms with Gasteiger partial charge in [-0.3, -0.25) is 0 Å². The van der Waals surface area contributed by atoms with Crippen LogP contribution in [-0.2, 0) is 6.54 Å². The number of nitrogens with one attached hydrogen (secondary N) is 1. The molecule has 1 aromatic heterocycles. The SMILES string of the molecule is CN(C(=O)NCCCn1ccnc1)[C@H]1CCCN(c2ccccc2)C1. The molecular formula is C19H27N5O. The molecule has 1 N–H and O–H groups in total. The lowest BCUT2D eigenvalue weighted by Gasteiger charge is -2.38. The maximum Gasteiger partial charge on any atom is 0.317 e. The standard InChI is InChI=1S/C19H27N5O/c1-22(19(25)21-10-6-12-23-14-11-20-16-23)18-9-5-13-24(15-18)17-7-3-2-4-8-17/h2-4,7-8,11,14,16,18H,5-6,9-10,12-13,15H2,1H3,(H,21,25)/t18-/m0/s1. The van der Waals surface area contributed by atoms with Crippen LogP contribution in [0.15, 0.2) is 49.1 Å². The normalized spacial score (nSPS) is 17.3. The number of carbonyl (C=O) groups excluding carboxylic acids is 1. The molecule has 0 bridgehead atoms.